The van der Waals surface area contributed by atoms with E-state index in [0.29, 0.717) is 42.8 Å². The summed E-state index contributed by atoms with van der Waals surface area (Å²) >= 11 is 0. The Bertz CT molecular complexity index is 1130. The van der Waals surface area contributed by atoms with Gasteiger partial charge < -0.3 is 20.0 Å². The Morgan fingerprint density at radius 1 is 1.17 bits per heavy atom. The van der Waals surface area contributed by atoms with Gasteiger partial charge in [-0.1, -0.05) is 0 Å². The number of anilines is 1. The van der Waals surface area contributed by atoms with E-state index >= 15 is 0 Å². The SMILES string of the molecule is Cc1cc(=O)oc2cc(NC(=O)N3CCC(NC(=O)c4cccnc4)CC3)ccc12. The molecule has 0 radical (unpaired) electrons. The maximum Gasteiger partial charge on any atom is 0.336 e. The van der Waals surface area contributed by atoms with E-state index in [9.17, 15) is 14.4 Å². The van der Waals surface area contributed by atoms with Crippen molar-refractivity contribution < 1.29 is 14.0 Å². The number of nitrogens with zero attached hydrogens (tertiary/aromatic N) is 2. The number of aromatic nitrogens is 1. The van der Waals surface area contributed by atoms with Gasteiger partial charge in [-0.25, -0.2) is 9.59 Å². The summed E-state index contributed by atoms with van der Waals surface area (Å²) in [5, 5.41) is 6.68. The lowest BCUT2D eigenvalue weighted by molar-refractivity contribution is 0.0919. The molecule has 0 aliphatic carbocycles. The number of piperidine rings is 1. The molecule has 0 spiro atoms. The number of pyridine rings is 1. The van der Waals surface area contributed by atoms with Gasteiger partial charge in [0.05, 0.1) is 5.56 Å². The number of benzene rings is 1. The summed E-state index contributed by atoms with van der Waals surface area (Å²) in [6.07, 6.45) is 4.50. The van der Waals surface area contributed by atoms with E-state index in [-0.39, 0.29) is 18.0 Å². The van der Waals surface area contributed by atoms with Crippen molar-refractivity contribution >= 4 is 28.6 Å². The number of carbonyl (C=O) groups excluding carboxylic acids is 2. The molecule has 30 heavy (non-hydrogen) atoms. The Morgan fingerprint density at radius 2 is 1.97 bits per heavy atom. The smallest absolute Gasteiger partial charge is 0.336 e. The van der Waals surface area contributed by atoms with Crippen LogP contribution in [0.5, 0.6) is 0 Å². The lowest BCUT2D eigenvalue weighted by Crippen LogP contribution is -2.47. The molecule has 1 fully saturated rings. The minimum Gasteiger partial charge on any atom is -0.423 e. The van der Waals surface area contributed by atoms with E-state index < -0.39 is 5.63 Å². The third kappa shape index (κ3) is 4.32. The van der Waals surface area contributed by atoms with Crippen LogP contribution in [0.1, 0.15) is 28.8 Å². The highest BCUT2D eigenvalue weighted by Gasteiger charge is 2.24. The average Bonchev–Trinajstić information content (AvgIpc) is 2.74. The molecule has 3 amide bonds. The molecule has 8 nitrogen and oxygen atoms in total. The van der Waals surface area contributed by atoms with Gasteiger partial charge in [0, 0.05) is 54.7 Å². The number of amides is 3. The van der Waals surface area contributed by atoms with Gasteiger partial charge >= 0.3 is 11.7 Å². The topological polar surface area (TPSA) is 105 Å². The molecule has 2 N–H and O–H groups in total. The van der Waals surface area contributed by atoms with Crippen LogP contribution in [0.2, 0.25) is 0 Å². The summed E-state index contributed by atoms with van der Waals surface area (Å²) in [7, 11) is 0. The molecule has 0 saturated carbocycles. The van der Waals surface area contributed by atoms with Crippen LogP contribution < -0.4 is 16.3 Å². The molecule has 1 aliphatic heterocycles. The second-order valence-corrected chi connectivity index (χ2v) is 7.37. The van der Waals surface area contributed by atoms with E-state index in [0.717, 1.165) is 10.9 Å². The normalized spacial score (nSPS) is 14.5. The van der Waals surface area contributed by atoms with Crippen molar-refractivity contribution in [3.05, 3.63) is 70.3 Å². The fraction of sp³-hybridized carbons (Fsp3) is 0.273. The molecule has 1 aromatic carbocycles. The van der Waals surface area contributed by atoms with Gasteiger partial charge in [0.15, 0.2) is 0 Å². The van der Waals surface area contributed by atoms with Crippen LogP contribution in [0, 0.1) is 6.92 Å². The molecule has 154 valence electrons. The van der Waals surface area contributed by atoms with Crippen LogP contribution in [0.25, 0.3) is 11.0 Å². The molecule has 1 saturated heterocycles. The fourth-order valence-corrected chi connectivity index (χ4v) is 3.60. The zero-order chi connectivity index (χ0) is 21.1. The maximum absolute atomic E-state index is 12.6. The number of nitrogens with one attached hydrogen (secondary N) is 2. The van der Waals surface area contributed by atoms with E-state index in [1.54, 1.807) is 35.4 Å². The van der Waals surface area contributed by atoms with Crippen LogP contribution in [-0.4, -0.2) is 41.0 Å². The number of urea groups is 1. The van der Waals surface area contributed by atoms with Crippen LogP contribution in [-0.2, 0) is 0 Å². The van der Waals surface area contributed by atoms with Gasteiger partial charge in [0.1, 0.15) is 5.58 Å². The molecule has 2 aromatic heterocycles. The molecule has 3 heterocycles. The van der Waals surface area contributed by atoms with Crippen LogP contribution >= 0.6 is 0 Å². The maximum atomic E-state index is 12.6. The summed E-state index contributed by atoms with van der Waals surface area (Å²) in [4.78, 5) is 42.1. The largest absolute Gasteiger partial charge is 0.423 e. The van der Waals surface area contributed by atoms with Crippen molar-refractivity contribution in [2.45, 2.75) is 25.8 Å². The summed E-state index contributed by atoms with van der Waals surface area (Å²) in [6.45, 7) is 2.91. The van der Waals surface area contributed by atoms with E-state index in [2.05, 4.69) is 15.6 Å². The van der Waals surface area contributed by atoms with Crippen molar-refractivity contribution in [3.63, 3.8) is 0 Å². The second kappa shape index (κ2) is 8.36. The summed E-state index contributed by atoms with van der Waals surface area (Å²) in [5.41, 5.74) is 1.94. The molecule has 0 unspecified atom stereocenters. The molecule has 0 bridgehead atoms. The highest BCUT2D eigenvalue weighted by molar-refractivity contribution is 5.94. The molecule has 8 heteroatoms. The predicted octanol–water partition coefficient (Wildman–Crippen LogP) is 2.92. The zero-order valence-electron chi connectivity index (χ0n) is 16.6. The van der Waals surface area contributed by atoms with E-state index in [4.69, 9.17) is 4.42 Å². The third-order valence-electron chi connectivity index (χ3n) is 5.24. The predicted molar refractivity (Wildman–Crippen MR) is 113 cm³/mol. The minimum absolute atomic E-state index is 0.0136. The number of carbonyl (C=O) groups is 2. The Morgan fingerprint density at radius 3 is 2.70 bits per heavy atom. The van der Waals surface area contributed by atoms with Crippen molar-refractivity contribution in [1.29, 1.82) is 0 Å². The standard InChI is InChI=1S/C22H22N4O4/c1-14-11-20(27)30-19-12-17(4-5-18(14)19)25-22(29)26-9-6-16(7-10-26)24-21(28)15-3-2-8-23-13-15/h2-5,8,11-13,16H,6-7,9-10H2,1H3,(H,24,28)(H,25,29). The quantitative estimate of drug-likeness (QED) is 0.651. The first-order valence-electron chi connectivity index (χ1n) is 9.81. The molecule has 1 aliphatic rings. The van der Waals surface area contributed by atoms with Gasteiger partial charge in [0.25, 0.3) is 5.91 Å². The lowest BCUT2D eigenvalue weighted by Gasteiger charge is -2.32. The van der Waals surface area contributed by atoms with Gasteiger partial charge in [-0.2, -0.15) is 0 Å². The lowest BCUT2D eigenvalue weighted by atomic mass is 10.0. The molecular formula is C22H22N4O4. The fourth-order valence-electron chi connectivity index (χ4n) is 3.60. The second-order valence-electron chi connectivity index (χ2n) is 7.37. The Labute approximate surface area is 172 Å². The van der Waals surface area contributed by atoms with Gasteiger partial charge in [-0.05, 0) is 49.6 Å². The summed E-state index contributed by atoms with van der Waals surface area (Å²) in [6, 6.07) is 9.94. The van der Waals surface area contributed by atoms with Gasteiger partial charge in [-0.3, -0.25) is 9.78 Å². The van der Waals surface area contributed by atoms with Crippen molar-refractivity contribution in [1.82, 2.24) is 15.2 Å². The highest BCUT2D eigenvalue weighted by Crippen LogP contribution is 2.21. The minimum atomic E-state index is -0.418. The van der Waals surface area contributed by atoms with Crippen molar-refractivity contribution in [2.75, 3.05) is 18.4 Å². The Kier molecular flexibility index (Phi) is 5.47. The van der Waals surface area contributed by atoms with E-state index in [1.165, 1.54) is 12.3 Å². The summed E-state index contributed by atoms with van der Waals surface area (Å²) < 4.78 is 5.23. The number of likely N-dealkylation sites (tertiary alicyclic amines) is 1. The number of hydrogen-bond acceptors (Lipinski definition) is 5. The first kappa shape index (κ1) is 19.6. The third-order valence-corrected chi connectivity index (χ3v) is 5.24. The van der Waals surface area contributed by atoms with Gasteiger partial charge in [0.2, 0.25) is 0 Å². The monoisotopic (exact) mass is 406 g/mol. The Balaban J connectivity index is 1.34. The Hall–Kier alpha value is -3.68. The van der Waals surface area contributed by atoms with Crippen molar-refractivity contribution in [2.24, 2.45) is 0 Å². The van der Waals surface area contributed by atoms with Gasteiger partial charge in [-0.15, -0.1) is 0 Å². The molecule has 3 aromatic rings. The molecule has 4 rings (SSSR count). The molecule has 0 atom stereocenters. The van der Waals surface area contributed by atoms with Crippen LogP contribution in [0.3, 0.4) is 0 Å². The highest BCUT2D eigenvalue weighted by atomic mass is 16.4. The number of hydrogen-bond donors (Lipinski definition) is 2. The first-order chi connectivity index (χ1) is 14.5. The first-order valence-corrected chi connectivity index (χ1v) is 9.81. The molecular weight excluding hydrogens is 384 g/mol. The number of aryl methyl sites for hydroxylation is 1. The number of fused-ring (bicyclic) bond motifs is 1. The van der Waals surface area contributed by atoms with E-state index in [1.807, 2.05) is 13.0 Å². The van der Waals surface area contributed by atoms with Crippen molar-refractivity contribution in [3.8, 4) is 0 Å². The van der Waals surface area contributed by atoms with Crippen LogP contribution in [0.4, 0.5) is 10.5 Å². The number of rotatable bonds is 3. The zero-order valence-corrected chi connectivity index (χ0v) is 16.6. The van der Waals surface area contributed by atoms with Crippen LogP contribution in [0.15, 0.2) is 58.0 Å². The average molecular weight is 406 g/mol. The summed E-state index contributed by atoms with van der Waals surface area (Å²) in [5.74, 6) is -0.154.